The molecule has 0 bridgehead atoms. The summed E-state index contributed by atoms with van der Waals surface area (Å²) in [6.45, 7) is 1.84. The third kappa shape index (κ3) is 4.64. The van der Waals surface area contributed by atoms with E-state index in [9.17, 15) is 24.1 Å². The fourth-order valence-corrected chi connectivity index (χ4v) is 1.98. The molecule has 1 N–H and O–H groups in total. The zero-order valence-corrected chi connectivity index (χ0v) is 13.6. The van der Waals surface area contributed by atoms with E-state index in [2.05, 4.69) is 0 Å². The molecule has 132 valence electrons. The normalized spacial score (nSPS) is 11.7. The number of nitro groups is 1. The molecule has 1 aromatic rings. The van der Waals surface area contributed by atoms with Gasteiger partial charge >= 0.3 is 11.9 Å². The maximum Gasteiger partial charge on any atom is 0.346 e. The van der Waals surface area contributed by atoms with Crippen LogP contribution >= 0.6 is 0 Å². The van der Waals surface area contributed by atoms with Gasteiger partial charge in [-0.1, -0.05) is 19.8 Å². The van der Waals surface area contributed by atoms with E-state index in [1.54, 1.807) is 0 Å². The second kappa shape index (κ2) is 8.23. The number of aromatic carboxylic acids is 1. The van der Waals surface area contributed by atoms with Gasteiger partial charge in [0, 0.05) is 14.1 Å². The number of esters is 1. The predicted octanol–water partition coefficient (Wildman–Crippen LogP) is 2.79. The topological polar surface area (TPSA) is 110 Å². The van der Waals surface area contributed by atoms with Crippen LogP contribution in [0.4, 0.5) is 15.8 Å². The van der Waals surface area contributed by atoms with Crippen LogP contribution in [-0.4, -0.2) is 42.2 Å². The van der Waals surface area contributed by atoms with Crippen molar-refractivity contribution in [2.75, 3.05) is 19.0 Å². The van der Waals surface area contributed by atoms with Crippen LogP contribution in [-0.2, 0) is 4.79 Å². The second-order valence-corrected chi connectivity index (χ2v) is 5.32. The maximum atomic E-state index is 13.8. The molecule has 1 atom stereocenters. The molecule has 1 aromatic carbocycles. The molecular formula is C15H19FN2O6. The van der Waals surface area contributed by atoms with Crippen molar-refractivity contribution in [2.24, 2.45) is 0 Å². The van der Waals surface area contributed by atoms with Gasteiger partial charge in [-0.25, -0.2) is 14.0 Å². The first kappa shape index (κ1) is 19.3. The number of hydrogen-bond donors (Lipinski definition) is 1. The van der Waals surface area contributed by atoms with E-state index < -0.39 is 34.3 Å². The van der Waals surface area contributed by atoms with Crippen molar-refractivity contribution in [3.63, 3.8) is 0 Å². The van der Waals surface area contributed by atoms with E-state index in [-0.39, 0.29) is 17.9 Å². The minimum Gasteiger partial charge on any atom is -0.477 e. The van der Waals surface area contributed by atoms with Gasteiger partial charge in [-0.15, -0.1) is 0 Å². The highest BCUT2D eigenvalue weighted by molar-refractivity contribution is 5.95. The van der Waals surface area contributed by atoms with Crippen LogP contribution in [0.1, 0.15) is 36.5 Å². The summed E-state index contributed by atoms with van der Waals surface area (Å²) >= 11 is 0. The van der Waals surface area contributed by atoms with Gasteiger partial charge in [0.2, 0.25) is 0 Å². The first-order valence-corrected chi connectivity index (χ1v) is 7.27. The Morgan fingerprint density at radius 1 is 1.42 bits per heavy atom. The van der Waals surface area contributed by atoms with Crippen LogP contribution < -0.4 is 9.64 Å². The Labute approximate surface area is 138 Å². The van der Waals surface area contributed by atoms with Crippen molar-refractivity contribution in [3.8, 4) is 5.75 Å². The summed E-state index contributed by atoms with van der Waals surface area (Å²) in [5.41, 5.74) is -1.17. The van der Waals surface area contributed by atoms with Crippen LogP contribution in [0, 0.1) is 10.1 Å². The van der Waals surface area contributed by atoms with Crippen molar-refractivity contribution in [1.82, 2.24) is 0 Å². The third-order valence-corrected chi connectivity index (χ3v) is 3.26. The lowest BCUT2D eigenvalue weighted by molar-refractivity contribution is -0.385. The Kier molecular flexibility index (Phi) is 6.63. The lowest BCUT2D eigenvalue weighted by Crippen LogP contribution is -2.23. The Balaban J connectivity index is 3.25. The number of carboxylic acids is 1. The quantitative estimate of drug-likeness (QED) is 0.335. The van der Waals surface area contributed by atoms with Gasteiger partial charge in [-0.3, -0.25) is 10.1 Å². The summed E-state index contributed by atoms with van der Waals surface area (Å²) in [6, 6.07) is 1.84. The molecule has 0 spiro atoms. The smallest absolute Gasteiger partial charge is 0.346 e. The molecule has 1 rings (SSSR count). The van der Waals surface area contributed by atoms with Crippen LogP contribution in [0.3, 0.4) is 0 Å². The molecule has 9 heteroatoms. The Hall–Kier alpha value is -2.71. The number of halogens is 1. The Morgan fingerprint density at radius 2 is 2.04 bits per heavy atom. The predicted molar refractivity (Wildman–Crippen MR) is 84.4 cm³/mol. The van der Waals surface area contributed by atoms with Crippen molar-refractivity contribution < 1.29 is 28.7 Å². The second-order valence-electron chi connectivity index (χ2n) is 5.32. The fraction of sp³-hybridized carbons (Fsp3) is 0.467. The summed E-state index contributed by atoms with van der Waals surface area (Å²) in [6.07, 6.45) is -0.662. The molecule has 0 aliphatic rings. The average Bonchev–Trinajstić information content (AvgIpc) is 2.51. The van der Waals surface area contributed by atoms with Crippen LogP contribution in [0.5, 0.6) is 5.75 Å². The zero-order chi connectivity index (χ0) is 18.4. The largest absolute Gasteiger partial charge is 0.477 e. The van der Waals surface area contributed by atoms with Gasteiger partial charge in [0.1, 0.15) is 5.56 Å². The molecule has 0 amide bonds. The molecule has 0 aromatic heterocycles. The summed E-state index contributed by atoms with van der Waals surface area (Å²) in [5.74, 6) is -2.92. The average molecular weight is 342 g/mol. The number of anilines is 1. The Morgan fingerprint density at radius 3 is 2.50 bits per heavy atom. The lowest BCUT2D eigenvalue weighted by Gasteiger charge is -2.18. The molecule has 0 aliphatic heterocycles. The number of alkyl halides is 1. The van der Waals surface area contributed by atoms with Crippen molar-refractivity contribution in [2.45, 2.75) is 32.4 Å². The fourth-order valence-electron chi connectivity index (χ4n) is 1.98. The van der Waals surface area contributed by atoms with Crippen molar-refractivity contribution in [3.05, 3.63) is 27.8 Å². The standard InChI is InChI=1S/C15H19FN2O6/c1-4-5-6-10(16)15(21)24-13-8-11(18(22)23)9(14(19)20)7-12(13)17(2)3/h7-8,10H,4-6H2,1-3H3,(H,19,20)/t10-/m1/s1. The molecule has 0 fully saturated rings. The molecule has 0 saturated heterocycles. The van der Waals surface area contributed by atoms with Gasteiger partial charge in [0.05, 0.1) is 16.7 Å². The SMILES string of the molecule is CCCC[C@@H](F)C(=O)Oc1cc([N+](=O)[O-])c(C(=O)O)cc1N(C)C. The van der Waals surface area contributed by atoms with Crippen LogP contribution in [0.2, 0.25) is 0 Å². The molecule has 0 radical (unpaired) electrons. The Bertz CT molecular complexity index is 647. The summed E-state index contributed by atoms with van der Waals surface area (Å²) in [7, 11) is 3.07. The van der Waals surface area contributed by atoms with Gasteiger partial charge in [0.25, 0.3) is 5.69 Å². The van der Waals surface area contributed by atoms with Crippen LogP contribution in [0.25, 0.3) is 0 Å². The number of carbonyl (C=O) groups excluding carboxylic acids is 1. The lowest BCUT2D eigenvalue weighted by atomic mass is 10.1. The van der Waals surface area contributed by atoms with Gasteiger partial charge < -0.3 is 14.7 Å². The van der Waals surface area contributed by atoms with Crippen LogP contribution in [0.15, 0.2) is 12.1 Å². The highest BCUT2D eigenvalue weighted by Gasteiger charge is 2.27. The minimum atomic E-state index is -1.85. The van der Waals surface area contributed by atoms with E-state index in [1.807, 2.05) is 6.92 Å². The summed E-state index contributed by atoms with van der Waals surface area (Å²) < 4.78 is 18.7. The van der Waals surface area contributed by atoms with Gasteiger partial charge in [-0.2, -0.15) is 0 Å². The van der Waals surface area contributed by atoms with Gasteiger partial charge in [-0.05, 0) is 12.5 Å². The van der Waals surface area contributed by atoms with E-state index in [1.165, 1.54) is 19.0 Å². The molecular weight excluding hydrogens is 323 g/mol. The van der Waals surface area contributed by atoms with E-state index in [4.69, 9.17) is 9.84 Å². The van der Waals surface area contributed by atoms with E-state index >= 15 is 0 Å². The summed E-state index contributed by atoms with van der Waals surface area (Å²) in [5, 5.41) is 20.1. The van der Waals surface area contributed by atoms with Crippen molar-refractivity contribution in [1.29, 1.82) is 0 Å². The number of nitrogens with zero attached hydrogens (tertiary/aromatic N) is 2. The molecule has 0 heterocycles. The number of nitro benzene ring substituents is 1. The highest BCUT2D eigenvalue weighted by Crippen LogP contribution is 2.35. The highest BCUT2D eigenvalue weighted by atomic mass is 19.1. The third-order valence-electron chi connectivity index (χ3n) is 3.26. The molecule has 0 unspecified atom stereocenters. The van der Waals surface area contributed by atoms with E-state index in [0.29, 0.717) is 12.8 Å². The van der Waals surface area contributed by atoms with E-state index in [0.717, 1.165) is 12.1 Å². The zero-order valence-electron chi connectivity index (χ0n) is 13.6. The molecule has 24 heavy (non-hydrogen) atoms. The molecule has 0 aliphatic carbocycles. The maximum absolute atomic E-state index is 13.8. The number of ether oxygens (including phenoxy) is 1. The summed E-state index contributed by atoms with van der Waals surface area (Å²) in [4.78, 5) is 34.5. The monoisotopic (exact) mass is 342 g/mol. The van der Waals surface area contributed by atoms with Gasteiger partial charge in [0.15, 0.2) is 11.9 Å². The number of carbonyl (C=O) groups is 2. The first-order valence-electron chi connectivity index (χ1n) is 7.27. The number of benzene rings is 1. The molecule has 0 saturated carbocycles. The minimum absolute atomic E-state index is 0.0120. The number of carboxylic acid groups (broad SMARTS) is 1. The number of hydrogen-bond acceptors (Lipinski definition) is 6. The van der Waals surface area contributed by atoms with Crippen molar-refractivity contribution >= 4 is 23.3 Å². The number of unbranched alkanes of at least 4 members (excludes halogenated alkanes) is 1. The molecule has 8 nitrogen and oxygen atoms in total. The number of rotatable bonds is 8. The first-order chi connectivity index (χ1) is 11.2.